The van der Waals surface area contributed by atoms with Crippen molar-refractivity contribution in [3.8, 4) is 11.5 Å². The average Bonchev–Trinajstić information content (AvgIpc) is 2.87. The van der Waals surface area contributed by atoms with Crippen molar-refractivity contribution in [3.05, 3.63) is 28.7 Å². The highest BCUT2D eigenvalue weighted by atomic mass is 32.2. The van der Waals surface area contributed by atoms with Crippen LogP contribution in [0.5, 0.6) is 11.5 Å². The van der Waals surface area contributed by atoms with Crippen LogP contribution in [0.1, 0.15) is 26.3 Å². The number of ether oxygens (including phenoxy) is 3. The zero-order valence-corrected chi connectivity index (χ0v) is 15.1. The predicted octanol–water partition coefficient (Wildman–Crippen LogP) is 2.55. The zero-order chi connectivity index (χ0) is 18.4. The summed E-state index contributed by atoms with van der Waals surface area (Å²) in [6, 6.07) is 5.15. The third-order valence-corrected chi connectivity index (χ3v) is 3.98. The van der Waals surface area contributed by atoms with Crippen molar-refractivity contribution in [2.75, 3.05) is 13.2 Å². The van der Waals surface area contributed by atoms with E-state index in [-0.39, 0.29) is 17.7 Å². The Morgan fingerprint density at radius 2 is 2.08 bits per heavy atom. The van der Waals surface area contributed by atoms with E-state index in [0.29, 0.717) is 23.0 Å². The molecule has 0 bridgehead atoms. The number of hydrogen-bond donors (Lipinski definition) is 2. The highest BCUT2D eigenvalue weighted by Crippen LogP contribution is 2.32. The van der Waals surface area contributed by atoms with Crippen LogP contribution in [0, 0.1) is 5.41 Å². The van der Waals surface area contributed by atoms with Gasteiger partial charge in [0.25, 0.3) is 5.91 Å². The summed E-state index contributed by atoms with van der Waals surface area (Å²) in [5.41, 5.74) is 0.729. The van der Waals surface area contributed by atoms with Crippen molar-refractivity contribution >= 4 is 34.9 Å². The fourth-order valence-corrected chi connectivity index (χ4v) is 2.77. The Bertz CT molecular complexity index is 717. The quantitative estimate of drug-likeness (QED) is 0.570. The molecule has 25 heavy (non-hydrogen) atoms. The van der Waals surface area contributed by atoms with Crippen molar-refractivity contribution in [1.82, 2.24) is 5.32 Å². The first-order valence-corrected chi connectivity index (χ1v) is 8.65. The Kier molecular flexibility index (Phi) is 6.46. The van der Waals surface area contributed by atoms with Gasteiger partial charge >= 0.3 is 5.97 Å². The van der Waals surface area contributed by atoms with Gasteiger partial charge in [0.15, 0.2) is 22.8 Å². The highest BCUT2D eigenvalue weighted by molar-refractivity contribution is 8.18. The lowest BCUT2D eigenvalue weighted by Gasteiger charge is -2.16. The van der Waals surface area contributed by atoms with Crippen molar-refractivity contribution in [2.24, 2.45) is 0 Å². The van der Waals surface area contributed by atoms with Gasteiger partial charge in [-0.2, -0.15) is 0 Å². The maximum Gasteiger partial charge on any atom is 0.347 e. The Morgan fingerprint density at radius 1 is 1.32 bits per heavy atom. The number of amides is 1. The number of rotatable bonds is 7. The van der Waals surface area contributed by atoms with Gasteiger partial charge in [0.1, 0.15) is 0 Å². The molecule has 0 spiro atoms. The normalized spacial score (nSPS) is 16.5. The lowest BCUT2D eigenvalue weighted by molar-refractivity contribution is -0.150. The molecule has 1 aromatic rings. The molecule has 1 aliphatic heterocycles. The van der Waals surface area contributed by atoms with Crippen molar-refractivity contribution in [2.45, 2.75) is 26.9 Å². The van der Waals surface area contributed by atoms with E-state index in [4.69, 9.17) is 19.6 Å². The zero-order valence-electron chi connectivity index (χ0n) is 14.3. The van der Waals surface area contributed by atoms with Crippen LogP contribution in [-0.4, -0.2) is 36.4 Å². The Hall–Kier alpha value is -2.48. The van der Waals surface area contributed by atoms with Crippen molar-refractivity contribution < 1.29 is 23.8 Å². The second kappa shape index (κ2) is 8.57. The summed E-state index contributed by atoms with van der Waals surface area (Å²) in [4.78, 5) is 23.8. The number of hydrogen-bond acceptors (Lipinski definition) is 7. The number of thioether (sulfide) groups is 1. The van der Waals surface area contributed by atoms with E-state index < -0.39 is 12.1 Å². The summed E-state index contributed by atoms with van der Waals surface area (Å²) in [5.74, 6) is 0.130. The van der Waals surface area contributed by atoms with E-state index in [1.807, 2.05) is 6.92 Å². The van der Waals surface area contributed by atoms with Crippen LogP contribution < -0.4 is 14.8 Å². The van der Waals surface area contributed by atoms with Gasteiger partial charge in [-0.3, -0.25) is 10.2 Å². The molecule has 1 fully saturated rings. The van der Waals surface area contributed by atoms with Crippen molar-refractivity contribution in [3.63, 3.8) is 0 Å². The molecule has 1 aromatic carbocycles. The molecule has 1 atom stereocenters. The summed E-state index contributed by atoms with van der Waals surface area (Å²) in [6.45, 7) is 5.88. The molecule has 1 amide bonds. The first kappa shape index (κ1) is 18.9. The van der Waals surface area contributed by atoms with Crippen LogP contribution in [0.25, 0.3) is 6.08 Å². The summed E-state index contributed by atoms with van der Waals surface area (Å²) in [7, 11) is 0. The molecule has 1 aliphatic rings. The number of amidine groups is 1. The third-order valence-electron chi connectivity index (χ3n) is 3.15. The Labute approximate surface area is 150 Å². The number of esters is 1. The minimum atomic E-state index is -0.764. The fraction of sp³-hybridized carbons (Fsp3) is 0.353. The van der Waals surface area contributed by atoms with Crippen LogP contribution in [0.3, 0.4) is 0 Å². The maximum atomic E-state index is 11.7. The van der Waals surface area contributed by atoms with E-state index in [0.717, 1.165) is 17.3 Å². The minimum absolute atomic E-state index is 0.101. The lowest BCUT2D eigenvalue weighted by atomic mass is 10.2. The highest BCUT2D eigenvalue weighted by Gasteiger charge is 2.23. The first-order chi connectivity index (χ1) is 11.9. The van der Waals surface area contributed by atoms with Crippen LogP contribution >= 0.6 is 11.8 Å². The monoisotopic (exact) mass is 364 g/mol. The molecule has 0 radical (unpaired) electrons. The number of nitrogens with one attached hydrogen (secondary N) is 2. The van der Waals surface area contributed by atoms with Gasteiger partial charge in [0, 0.05) is 0 Å². The molecule has 2 rings (SSSR count). The van der Waals surface area contributed by atoms with Gasteiger partial charge in [-0.15, -0.1) is 0 Å². The average molecular weight is 364 g/mol. The van der Waals surface area contributed by atoms with E-state index in [1.165, 1.54) is 0 Å². The molecule has 0 aliphatic carbocycles. The lowest BCUT2D eigenvalue weighted by Crippen LogP contribution is -2.26. The molecule has 1 saturated heterocycles. The molecule has 1 unspecified atom stereocenters. The molecule has 8 heteroatoms. The largest absolute Gasteiger partial charge is 0.490 e. The first-order valence-electron chi connectivity index (χ1n) is 7.84. The minimum Gasteiger partial charge on any atom is -0.490 e. The maximum absolute atomic E-state index is 11.7. The van der Waals surface area contributed by atoms with Crippen LogP contribution in [0.4, 0.5) is 0 Å². The van der Waals surface area contributed by atoms with E-state index in [9.17, 15) is 9.59 Å². The summed E-state index contributed by atoms with van der Waals surface area (Å²) < 4.78 is 16.1. The van der Waals surface area contributed by atoms with Crippen molar-refractivity contribution in [1.29, 1.82) is 5.41 Å². The second-order valence-corrected chi connectivity index (χ2v) is 6.10. The molecule has 0 saturated carbocycles. The van der Waals surface area contributed by atoms with Crippen LogP contribution in [0.15, 0.2) is 23.1 Å². The smallest absolute Gasteiger partial charge is 0.347 e. The summed E-state index contributed by atoms with van der Waals surface area (Å²) in [5, 5.41) is 9.99. The molecule has 7 nitrogen and oxygen atoms in total. The number of carbonyl (C=O) groups is 2. The summed E-state index contributed by atoms with van der Waals surface area (Å²) in [6.07, 6.45) is 0.905. The predicted molar refractivity (Wildman–Crippen MR) is 95.8 cm³/mol. The van der Waals surface area contributed by atoms with Crippen LogP contribution in [0.2, 0.25) is 0 Å². The van der Waals surface area contributed by atoms with Gasteiger partial charge in [-0.25, -0.2) is 4.79 Å². The van der Waals surface area contributed by atoms with Gasteiger partial charge < -0.3 is 19.5 Å². The molecular weight excluding hydrogens is 344 g/mol. The molecule has 0 aromatic heterocycles. The molecule has 2 N–H and O–H groups in total. The van der Waals surface area contributed by atoms with Gasteiger partial charge in [-0.05, 0) is 56.3 Å². The fourth-order valence-electron chi connectivity index (χ4n) is 2.07. The van der Waals surface area contributed by atoms with E-state index >= 15 is 0 Å². The van der Waals surface area contributed by atoms with Crippen LogP contribution in [-0.2, 0) is 14.3 Å². The summed E-state index contributed by atoms with van der Waals surface area (Å²) >= 11 is 1.06. The Morgan fingerprint density at radius 3 is 2.68 bits per heavy atom. The number of benzene rings is 1. The topological polar surface area (TPSA) is 97.7 Å². The Balaban J connectivity index is 2.22. The van der Waals surface area contributed by atoms with Gasteiger partial charge in [0.05, 0.1) is 18.1 Å². The number of carbonyl (C=O) groups excluding carboxylic acids is 2. The SMILES string of the molecule is CCOC(=O)C(C)Oc1ccc(/C=C2\SC(=N)NC2=O)cc1OCC. The van der Waals surface area contributed by atoms with E-state index in [2.05, 4.69) is 5.32 Å². The third kappa shape index (κ3) is 4.99. The standard InChI is InChI=1S/C17H20N2O5S/c1-4-22-13-8-11(9-14-15(20)19-17(18)25-14)6-7-12(13)24-10(3)16(21)23-5-2/h6-10H,4-5H2,1-3H3,(H2,18,19,20)/b14-9-. The molecular formula is C17H20N2O5S. The molecule has 1 heterocycles. The second-order valence-electron chi connectivity index (χ2n) is 5.05. The van der Waals surface area contributed by atoms with E-state index in [1.54, 1.807) is 38.1 Å². The van der Waals surface area contributed by atoms with Gasteiger partial charge in [0.2, 0.25) is 0 Å². The van der Waals surface area contributed by atoms with Gasteiger partial charge in [-0.1, -0.05) is 6.07 Å². The molecule has 134 valence electrons.